The smallest absolute Gasteiger partial charge is 0.303 e. The number of aliphatic carboxylic acids is 1. The fourth-order valence-electron chi connectivity index (χ4n) is 3.50. The Bertz CT molecular complexity index is 502. The zero-order valence-electron chi connectivity index (χ0n) is 15.5. The Hall–Kier alpha value is -1.20. The lowest BCUT2D eigenvalue weighted by molar-refractivity contribution is -0.137. The van der Waals surface area contributed by atoms with Crippen LogP contribution in [0.2, 0.25) is 0 Å². The molecule has 0 spiro atoms. The van der Waals surface area contributed by atoms with Gasteiger partial charge in [-0.1, -0.05) is 32.3 Å². The van der Waals surface area contributed by atoms with Crippen LogP contribution in [0, 0.1) is 17.8 Å². The fraction of sp³-hybridized carbons (Fsp3) is 0.750. The van der Waals surface area contributed by atoms with E-state index in [9.17, 15) is 19.5 Å². The van der Waals surface area contributed by atoms with E-state index >= 15 is 0 Å². The van der Waals surface area contributed by atoms with E-state index in [0.29, 0.717) is 25.1 Å². The second-order valence-electron chi connectivity index (χ2n) is 7.38. The maximum atomic E-state index is 12.1. The van der Waals surface area contributed by atoms with E-state index in [1.165, 1.54) is 6.08 Å². The van der Waals surface area contributed by atoms with E-state index in [4.69, 9.17) is 16.7 Å². The van der Waals surface area contributed by atoms with Gasteiger partial charge in [0.25, 0.3) is 0 Å². The molecule has 1 fully saturated rings. The number of carbonyl (C=O) groups excluding carboxylic acids is 2. The lowest BCUT2D eigenvalue weighted by Crippen LogP contribution is -2.19. The van der Waals surface area contributed by atoms with Gasteiger partial charge in [-0.3, -0.25) is 14.4 Å². The summed E-state index contributed by atoms with van der Waals surface area (Å²) in [7, 11) is 0. The number of halogens is 1. The van der Waals surface area contributed by atoms with Crippen molar-refractivity contribution in [3.63, 3.8) is 0 Å². The average Bonchev–Trinajstić information content (AvgIpc) is 2.82. The van der Waals surface area contributed by atoms with Crippen molar-refractivity contribution in [2.75, 3.05) is 5.88 Å². The summed E-state index contributed by atoms with van der Waals surface area (Å²) in [5.41, 5.74) is 0. The Morgan fingerprint density at radius 3 is 2.62 bits per heavy atom. The number of rotatable bonds is 13. The molecule has 5 nitrogen and oxygen atoms in total. The highest BCUT2D eigenvalue weighted by atomic mass is 35.5. The van der Waals surface area contributed by atoms with Gasteiger partial charge in [-0.15, -0.1) is 11.6 Å². The lowest BCUT2D eigenvalue weighted by atomic mass is 9.88. The number of carboxylic acids is 1. The van der Waals surface area contributed by atoms with Crippen LogP contribution in [0.1, 0.15) is 64.7 Å². The van der Waals surface area contributed by atoms with Crippen LogP contribution in [0.4, 0.5) is 0 Å². The molecule has 1 unspecified atom stereocenters. The number of Topliss-reactive ketones (excluding diaryl/α,β-unsaturated/α-hetero) is 1. The van der Waals surface area contributed by atoms with Crippen LogP contribution < -0.4 is 0 Å². The summed E-state index contributed by atoms with van der Waals surface area (Å²) in [6.45, 7) is 1.98. The molecular weight excluding hydrogens is 356 g/mol. The number of allylic oxidation sites excluding steroid dienone is 1. The molecule has 0 heterocycles. The molecule has 0 aliphatic heterocycles. The number of aliphatic hydroxyl groups is 1. The minimum absolute atomic E-state index is 0.00147. The minimum Gasteiger partial charge on any atom is -0.481 e. The molecule has 1 aliphatic carbocycles. The Balaban J connectivity index is 2.45. The predicted octanol–water partition coefficient (Wildman–Crippen LogP) is 3.76. The molecule has 0 radical (unpaired) electrons. The summed E-state index contributed by atoms with van der Waals surface area (Å²) in [4.78, 5) is 34.6. The number of alkyl halides is 1. The average molecular weight is 387 g/mol. The zero-order valence-corrected chi connectivity index (χ0v) is 16.3. The van der Waals surface area contributed by atoms with Crippen LogP contribution in [-0.4, -0.2) is 39.7 Å². The molecule has 1 rings (SSSR count). The van der Waals surface area contributed by atoms with E-state index < -0.39 is 12.1 Å². The second-order valence-corrected chi connectivity index (χ2v) is 7.76. The van der Waals surface area contributed by atoms with Gasteiger partial charge in [0.2, 0.25) is 0 Å². The van der Waals surface area contributed by atoms with Gasteiger partial charge in [0.05, 0.1) is 6.10 Å². The van der Waals surface area contributed by atoms with Crippen LogP contribution in [0.25, 0.3) is 0 Å². The van der Waals surface area contributed by atoms with Crippen molar-refractivity contribution in [3.05, 3.63) is 12.2 Å². The molecule has 1 aliphatic rings. The molecule has 148 valence electrons. The van der Waals surface area contributed by atoms with Gasteiger partial charge >= 0.3 is 5.97 Å². The highest BCUT2D eigenvalue weighted by Crippen LogP contribution is 2.34. The first-order chi connectivity index (χ1) is 12.3. The third-order valence-electron chi connectivity index (χ3n) is 5.04. The first-order valence-corrected chi connectivity index (χ1v) is 10.1. The molecule has 0 aromatic heterocycles. The minimum atomic E-state index is -0.783. The molecule has 0 bridgehead atoms. The van der Waals surface area contributed by atoms with Gasteiger partial charge in [-0.05, 0) is 31.3 Å². The Morgan fingerprint density at radius 2 is 1.96 bits per heavy atom. The summed E-state index contributed by atoms with van der Waals surface area (Å²) < 4.78 is 0. The summed E-state index contributed by atoms with van der Waals surface area (Å²) in [6, 6.07) is 0. The second kappa shape index (κ2) is 12.2. The maximum absolute atomic E-state index is 12.1. The lowest BCUT2D eigenvalue weighted by Gasteiger charge is -2.17. The van der Waals surface area contributed by atoms with Crippen molar-refractivity contribution < 1.29 is 24.6 Å². The standard InChI is InChI=1S/C20H31ClO5/c1-14(10-11-21)12-15(22)8-9-17-16(18(23)13-19(17)24)6-4-2-3-5-7-20(25)26/h8-9,14,16-17,19,24H,2-7,10-13H2,1H3,(H,25,26)/t14?,16-,17-,19-/m1/s1. The number of aliphatic hydroxyl groups excluding tert-OH is 1. The first-order valence-electron chi connectivity index (χ1n) is 9.54. The topological polar surface area (TPSA) is 91.7 Å². The molecule has 1 saturated carbocycles. The van der Waals surface area contributed by atoms with Crippen molar-refractivity contribution in [1.29, 1.82) is 0 Å². The van der Waals surface area contributed by atoms with Crippen LogP contribution in [0.3, 0.4) is 0 Å². The van der Waals surface area contributed by atoms with E-state index in [2.05, 4.69) is 0 Å². The van der Waals surface area contributed by atoms with Crippen LogP contribution in [0.5, 0.6) is 0 Å². The third kappa shape index (κ3) is 8.45. The van der Waals surface area contributed by atoms with Gasteiger partial charge in [-0.25, -0.2) is 0 Å². The van der Waals surface area contributed by atoms with Crippen LogP contribution >= 0.6 is 11.6 Å². The Labute approximate surface area is 160 Å². The molecule has 0 aromatic rings. The molecular formula is C20H31ClO5. The third-order valence-corrected chi connectivity index (χ3v) is 5.26. The van der Waals surface area contributed by atoms with E-state index in [1.807, 2.05) is 6.92 Å². The monoisotopic (exact) mass is 386 g/mol. The van der Waals surface area contributed by atoms with Crippen molar-refractivity contribution in [2.45, 2.75) is 70.8 Å². The van der Waals surface area contributed by atoms with Gasteiger partial charge < -0.3 is 10.2 Å². The molecule has 0 amide bonds. The first kappa shape index (κ1) is 22.8. The number of carbonyl (C=O) groups is 3. The largest absolute Gasteiger partial charge is 0.481 e. The van der Waals surface area contributed by atoms with E-state index in [0.717, 1.165) is 25.7 Å². The number of carboxylic acid groups (broad SMARTS) is 1. The van der Waals surface area contributed by atoms with Gasteiger partial charge in [-0.2, -0.15) is 0 Å². The highest BCUT2D eigenvalue weighted by Gasteiger charge is 2.39. The van der Waals surface area contributed by atoms with Crippen molar-refractivity contribution >= 4 is 29.1 Å². The summed E-state index contributed by atoms with van der Waals surface area (Å²) in [5.74, 6) is -0.511. The molecule has 0 aromatic carbocycles. The summed E-state index contributed by atoms with van der Waals surface area (Å²) in [6.07, 6.45) is 7.89. The normalized spacial score (nSPS) is 24.3. The van der Waals surface area contributed by atoms with Crippen molar-refractivity contribution in [1.82, 2.24) is 0 Å². The molecule has 0 saturated heterocycles. The molecule has 26 heavy (non-hydrogen) atoms. The quantitative estimate of drug-likeness (QED) is 0.285. The summed E-state index contributed by atoms with van der Waals surface area (Å²) in [5, 5.41) is 18.8. The zero-order chi connectivity index (χ0) is 19.5. The van der Waals surface area contributed by atoms with Gasteiger partial charge in [0.1, 0.15) is 5.78 Å². The van der Waals surface area contributed by atoms with Crippen molar-refractivity contribution in [3.8, 4) is 0 Å². The Kier molecular flexibility index (Phi) is 10.7. The SMILES string of the molecule is CC(CCCl)CC(=O)C=C[C@H]1[C@H](O)CC(=O)[C@@H]1CCCCCCC(=O)O. The van der Waals surface area contributed by atoms with E-state index in [-0.39, 0.29) is 42.2 Å². The molecule has 6 heteroatoms. The number of ketones is 2. The van der Waals surface area contributed by atoms with E-state index in [1.54, 1.807) is 6.08 Å². The molecule has 2 N–H and O–H groups in total. The van der Waals surface area contributed by atoms with Crippen molar-refractivity contribution in [2.24, 2.45) is 17.8 Å². The maximum Gasteiger partial charge on any atom is 0.303 e. The Morgan fingerprint density at radius 1 is 1.27 bits per heavy atom. The van der Waals surface area contributed by atoms with Crippen LogP contribution in [-0.2, 0) is 14.4 Å². The molecule has 4 atom stereocenters. The fourth-order valence-corrected chi connectivity index (χ4v) is 3.88. The summed E-state index contributed by atoms with van der Waals surface area (Å²) >= 11 is 5.68. The van der Waals surface area contributed by atoms with Gasteiger partial charge in [0, 0.05) is 37.0 Å². The number of unbranched alkanes of at least 4 members (excludes halogenated alkanes) is 3. The number of hydrogen-bond acceptors (Lipinski definition) is 4. The van der Waals surface area contributed by atoms with Gasteiger partial charge in [0.15, 0.2) is 5.78 Å². The highest BCUT2D eigenvalue weighted by molar-refractivity contribution is 6.17. The number of hydrogen-bond donors (Lipinski definition) is 2. The van der Waals surface area contributed by atoms with Crippen LogP contribution in [0.15, 0.2) is 12.2 Å². The predicted molar refractivity (Wildman–Crippen MR) is 101 cm³/mol.